The maximum absolute atomic E-state index is 12.8. The van der Waals surface area contributed by atoms with Crippen LogP contribution >= 0.6 is 0 Å². The molecule has 1 aliphatic rings. The molecule has 1 aliphatic heterocycles. The van der Waals surface area contributed by atoms with Crippen molar-refractivity contribution in [1.82, 2.24) is 10.2 Å². The van der Waals surface area contributed by atoms with Crippen LogP contribution in [-0.2, 0) is 16.1 Å². The summed E-state index contributed by atoms with van der Waals surface area (Å²) in [5, 5.41) is 2.19. The number of hydrogen-bond donors (Lipinski definition) is 1. The van der Waals surface area contributed by atoms with E-state index in [0.717, 1.165) is 10.6 Å². The molecule has 1 fully saturated rings. The highest BCUT2D eigenvalue weighted by Crippen LogP contribution is 2.19. The molecule has 1 saturated heterocycles. The van der Waals surface area contributed by atoms with Crippen LogP contribution in [-0.4, -0.2) is 36.0 Å². The van der Waals surface area contributed by atoms with Gasteiger partial charge in [-0.1, -0.05) is 29.8 Å². The highest BCUT2D eigenvalue weighted by molar-refractivity contribution is 6.30. The predicted octanol–water partition coefficient (Wildman–Crippen LogP) is 4.10. The van der Waals surface area contributed by atoms with Crippen molar-refractivity contribution in [2.24, 2.45) is 0 Å². The lowest BCUT2D eigenvalue weighted by molar-refractivity contribution is -0.130. The summed E-state index contributed by atoms with van der Waals surface area (Å²) in [4.78, 5) is 38.0. The van der Waals surface area contributed by atoms with Gasteiger partial charge in [0.1, 0.15) is 22.8 Å². The van der Waals surface area contributed by atoms with E-state index in [2.05, 4.69) is 5.32 Å². The summed E-state index contributed by atoms with van der Waals surface area (Å²) >= 11 is 0. The molecule has 4 rings (SSSR count). The summed E-state index contributed by atoms with van der Waals surface area (Å²) in [6.45, 7) is 2.98. The number of urea groups is 1. The number of carbonyl (C=O) groups is 3. The van der Waals surface area contributed by atoms with Crippen LogP contribution in [0.25, 0.3) is 6.08 Å². The molecule has 0 atom stereocenters. The fraction of sp³-hybridized carbons (Fsp3) is 0.192. The molecule has 3 aromatic rings. The highest BCUT2D eigenvalue weighted by Gasteiger charge is 2.36. The Kier molecular flexibility index (Phi) is 7.07. The van der Waals surface area contributed by atoms with Gasteiger partial charge in [0.25, 0.3) is 11.8 Å². The number of barbiturate groups is 1. The van der Waals surface area contributed by atoms with Gasteiger partial charge < -0.3 is 13.9 Å². The van der Waals surface area contributed by atoms with E-state index in [0.29, 0.717) is 36.7 Å². The van der Waals surface area contributed by atoms with Crippen LogP contribution in [0, 0.1) is 6.92 Å². The topological polar surface area (TPSA) is 98.1 Å². The normalized spacial score (nSPS) is 14.9. The van der Waals surface area contributed by atoms with Gasteiger partial charge in [0.15, 0.2) is 0 Å². The average Bonchev–Trinajstić information content (AvgIpc) is 3.35. The number of carbonyl (C=O) groups excluding carboxylic acids is 3. The van der Waals surface area contributed by atoms with Gasteiger partial charge in [-0.25, -0.2) is 4.79 Å². The van der Waals surface area contributed by atoms with Crippen molar-refractivity contribution >= 4 is 23.9 Å². The van der Waals surface area contributed by atoms with Crippen molar-refractivity contribution in [3.05, 3.63) is 89.4 Å². The third kappa shape index (κ3) is 5.72. The second-order valence-corrected chi connectivity index (χ2v) is 7.72. The lowest BCUT2D eigenvalue weighted by atomic mass is 10.1. The number of nitrogens with one attached hydrogen (secondary N) is 1. The molecule has 0 aliphatic carbocycles. The van der Waals surface area contributed by atoms with Gasteiger partial charge in [0.2, 0.25) is 0 Å². The number of nitrogens with zero attached hydrogens (tertiary/aromatic N) is 1. The molecular weight excluding hydrogens is 436 g/mol. The highest BCUT2D eigenvalue weighted by atomic mass is 16.5. The summed E-state index contributed by atoms with van der Waals surface area (Å²) in [6.07, 6.45) is 3.61. The van der Waals surface area contributed by atoms with Crippen LogP contribution in [0.15, 0.2) is 76.9 Å². The molecule has 174 valence electrons. The zero-order valence-corrected chi connectivity index (χ0v) is 18.7. The maximum Gasteiger partial charge on any atom is 0.331 e. The van der Waals surface area contributed by atoms with Crippen molar-refractivity contribution in [2.75, 3.05) is 13.2 Å². The average molecular weight is 460 g/mol. The van der Waals surface area contributed by atoms with E-state index in [4.69, 9.17) is 13.9 Å². The van der Waals surface area contributed by atoms with Gasteiger partial charge in [0.05, 0.1) is 26.0 Å². The molecule has 0 spiro atoms. The molecule has 1 N–H and O–H groups in total. The van der Waals surface area contributed by atoms with Crippen LogP contribution in [0.1, 0.15) is 23.3 Å². The minimum absolute atomic E-state index is 0.0668. The van der Waals surface area contributed by atoms with E-state index in [9.17, 15) is 14.4 Å². The Balaban J connectivity index is 1.31. The van der Waals surface area contributed by atoms with Crippen molar-refractivity contribution in [2.45, 2.75) is 19.9 Å². The Bertz CT molecular complexity index is 1180. The predicted molar refractivity (Wildman–Crippen MR) is 124 cm³/mol. The van der Waals surface area contributed by atoms with Crippen molar-refractivity contribution in [3.63, 3.8) is 0 Å². The van der Waals surface area contributed by atoms with Gasteiger partial charge in [0, 0.05) is 6.42 Å². The molecule has 4 amide bonds. The fourth-order valence-corrected chi connectivity index (χ4v) is 3.30. The minimum Gasteiger partial charge on any atom is -0.493 e. The molecule has 0 unspecified atom stereocenters. The number of aryl methyl sites for hydroxylation is 1. The Morgan fingerprint density at radius 2 is 1.56 bits per heavy atom. The first-order valence-electron chi connectivity index (χ1n) is 10.8. The Hall–Kier alpha value is -4.33. The van der Waals surface area contributed by atoms with E-state index in [1.54, 1.807) is 36.4 Å². The van der Waals surface area contributed by atoms with Crippen LogP contribution in [0.4, 0.5) is 4.79 Å². The summed E-state index contributed by atoms with van der Waals surface area (Å²) in [7, 11) is 0. The molecular formula is C26H24N2O6. The summed E-state index contributed by atoms with van der Waals surface area (Å²) < 4.78 is 16.6. The van der Waals surface area contributed by atoms with Crippen LogP contribution < -0.4 is 14.8 Å². The lowest BCUT2D eigenvalue weighted by Gasteiger charge is -2.25. The number of hydrogen-bond acceptors (Lipinski definition) is 6. The second kappa shape index (κ2) is 10.5. The quantitative estimate of drug-likeness (QED) is 0.293. The number of imide groups is 2. The Morgan fingerprint density at radius 3 is 2.18 bits per heavy atom. The third-order valence-electron chi connectivity index (χ3n) is 5.12. The maximum atomic E-state index is 12.8. The van der Waals surface area contributed by atoms with Gasteiger partial charge in [-0.2, -0.15) is 0 Å². The Labute approximate surface area is 196 Å². The standard InChI is InChI=1S/C26H24N2O6/c1-18-5-9-20(10-6-18)32-14-3-15-33-21-11-7-19(8-12-21)16-23-24(29)27-26(31)28(25(23)30)17-22-4-2-13-34-22/h2,4-13,16H,3,14-15,17H2,1H3,(H,27,29,31)/b23-16+. The first kappa shape index (κ1) is 22.8. The largest absolute Gasteiger partial charge is 0.493 e. The summed E-state index contributed by atoms with van der Waals surface area (Å²) in [5.41, 5.74) is 1.68. The van der Waals surface area contributed by atoms with E-state index < -0.39 is 17.8 Å². The first-order chi connectivity index (χ1) is 16.5. The van der Waals surface area contributed by atoms with Gasteiger partial charge in [-0.15, -0.1) is 0 Å². The van der Waals surface area contributed by atoms with Crippen molar-refractivity contribution in [3.8, 4) is 11.5 Å². The zero-order valence-electron chi connectivity index (χ0n) is 18.7. The number of amides is 4. The molecule has 1 aromatic heterocycles. The summed E-state index contributed by atoms with van der Waals surface area (Å²) in [6, 6.07) is 17.4. The zero-order chi connectivity index (χ0) is 23.9. The molecule has 8 nitrogen and oxygen atoms in total. The summed E-state index contributed by atoms with van der Waals surface area (Å²) in [5.74, 6) is 0.502. The Morgan fingerprint density at radius 1 is 0.912 bits per heavy atom. The van der Waals surface area contributed by atoms with E-state index in [1.165, 1.54) is 17.9 Å². The molecule has 34 heavy (non-hydrogen) atoms. The molecule has 0 radical (unpaired) electrons. The number of furan rings is 1. The molecule has 8 heteroatoms. The van der Waals surface area contributed by atoms with E-state index in [1.807, 2.05) is 31.2 Å². The number of ether oxygens (including phenoxy) is 2. The SMILES string of the molecule is Cc1ccc(OCCCOc2ccc(/C=C3\C(=O)NC(=O)N(Cc4ccco4)C3=O)cc2)cc1. The van der Waals surface area contributed by atoms with E-state index >= 15 is 0 Å². The van der Waals surface area contributed by atoms with Gasteiger partial charge in [-0.3, -0.25) is 19.8 Å². The lowest BCUT2D eigenvalue weighted by Crippen LogP contribution is -2.53. The smallest absolute Gasteiger partial charge is 0.331 e. The third-order valence-corrected chi connectivity index (χ3v) is 5.12. The van der Waals surface area contributed by atoms with Crippen LogP contribution in [0.2, 0.25) is 0 Å². The molecule has 2 aromatic carbocycles. The fourth-order valence-electron chi connectivity index (χ4n) is 3.30. The first-order valence-corrected chi connectivity index (χ1v) is 10.8. The molecule has 2 heterocycles. The second-order valence-electron chi connectivity index (χ2n) is 7.72. The van der Waals surface area contributed by atoms with Crippen molar-refractivity contribution in [1.29, 1.82) is 0 Å². The van der Waals surface area contributed by atoms with Crippen LogP contribution in [0.3, 0.4) is 0 Å². The molecule has 0 bridgehead atoms. The van der Waals surface area contributed by atoms with Crippen molar-refractivity contribution < 1.29 is 28.3 Å². The number of benzene rings is 2. The molecule has 0 saturated carbocycles. The van der Waals surface area contributed by atoms with Crippen LogP contribution in [0.5, 0.6) is 11.5 Å². The van der Waals surface area contributed by atoms with Gasteiger partial charge in [-0.05, 0) is 55.0 Å². The van der Waals surface area contributed by atoms with Gasteiger partial charge >= 0.3 is 6.03 Å². The monoisotopic (exact) mass is 460 g/mol. The van der Waals surface area contributed by atoms with E-state index in [-0.39, 0.29) is 12.1 Å². The number of rotatable bonds is 9. The minimum atomic E-state index is -0.779.